The predicted octanol–water partition coefficient (Wildman–Crippen LogP) is 3.75. The summed E-state index contributed by atoms with van der Waals surface area (Å²) < 4.78 is 0. The molecule has 21 heavy (non-hydrogen) atoms. The number of nitrogens with zero attached hydrogens (tertiary/aromatic N) is 1. The van der Waals surface area contributed by atoms with E-state index in [1.807, 2.05) is 6.07 Å². The van der Waals surface area contributed by atoms with E-state index < -0.39 is 5.54 Å². The van der Waals surface area contributed by atoms with Crippen LogP contribution in [0.3, 0.4) is 0 Å². The first kappa shape index (κ1) is 14.7. The smallest absolute Gasteiger partial charge is 0.305 e. The van der Waals surface area contributed by atoms with Crippen LogP contribution in [0.5, 0.6) is 0 Å². The van der Waals surface area contributed by atoms with Crippen molar-refractivity contribution in [2.75, 3.05) is 0 Å². The van der Waals surface area contributed by atoms with Crippen LogP contribution < -0.4 is 5.32 Å². The fraction of sp³-hybridized carbons (Fsp3) is 0.467. The summed E-state index contributed by atoms with van der Waals surface area (Å²) in [6.07, 6.45) is 4.45. The molecule has 1 saturated carbocycles. The zero-order valence-electron chi connectivity index (χ0n) is 11.5. The van der Waals surface area contributed by atoms with E-state index in [4.69, 9.17) is 23.2 Å². The average Bonchev–Trinajstić information content (AvgIpc) is 2.69. The van der Waals surface area contributed by atoms with Crippen LogP contribution in [-0.2, 0) is 11.3 Å². The molecule has 2 fully saturated rings. The number of amides is 3. The molecule has 0 aromatic heterocycles. The minimum Gasteiger partial charge on any atom is -0.305 e. The number of hydrogen-bond donors (Lipinski definition) is 1. The van der Waals surface area contributed by atoms with Crippen molar-refractivity contribution in [1.82, 2.24) is 10.2 Å². The number of urea groups is 1. The Kier molecular flexibility index (Phi) is 3.84. The van der Waals surface area contributed by atoms with E-state index in [9.17, 15) is 9.59 Å². The average molecular weight is 327 g/mol. The molecule has 4 nitrogen and oxygen atoms in total. The van der Waals surface area contributed by atoms with Gasteiger partial charge in [0.05, 0.1) is 16.6 Å². The first-order valence-corrected chi connectivity index (χ1v) is 7.86. The molecule has 0 radical (unpaired) electrons. The van der Waals surface area contributed by atoms with E-state index in [1.165, 1.54) is 0 Å². The minimum atomic E-state index is -0.707. The molecular formula is C15H16Cl2N2O2. The Hall–Kier alpha value is -1.26. The molecule has 1 N–H and O–H groups in total. The highest BCUT2D eigenvalue weighted by Gasteiger charge is 2.52. The zero-order chi connectivity index (χ0) is 15.0. The summed E-state index contributed by atoms with van der Waals surface area (Å²) in [6, 6.07) is 5.00. The van der Waals surface area contributed by atoms with E-state index >= 15 is 0 Å². The normalized spacial score (nSPS) is 21.0. The Morgan fingerprint density at radius 3 is 2.57 bits per heavy atom. The quantitative estimate of drug-likeness (QED) is 0.841. The summed E-state index contributed by atoms with van der Waals surface area (Å²) in [5.74, 6) is -0.176. The Labute approximate surface area is 133 Å². The molecule has 2 aliphatic rings. The molecule has 1 aromatic carbocycles. The highest BCUT2D eigenvalue weighted by atomic mass is 35.5. The van der Waals surface area contributed by atoms with Crippen LogP contribution in [0.15, 0.2) is 18.2 Å². The third-order valence-electron chi connectivity index (χ3n) is 4.45. The molecule has 3 amide bonds. The molecule has 1 heterocycles. The van der Waals surface area contributed by atoms with E-state index in [1.54, 1.807) is 17.0 Å². The van der Waals surface area contributed by atoms with Gasteiger partial charge in [0.2, 0.25) is 0 Å². The van der Waals surface area contributed by atoms with Crippen LogP contribution in [0.1, 0.15) is 37.7 Å². The zero-order valence-corrected chi connectivity index (χ0v) is 13.0. The molecule has 0 atom stereocenters. The van der Waals surface area contributed by atoms with Crippen molar-refractivity contribution in [2.24, 2.45) is 0 Å². The maximum absolute atomic E-state index is 12.3. The number of hydrogen-bond acceptors (Lipinski definition) is 2. The number of nitrogens with one attached hydrogen (secondary N) is 1. The van der Waals surface area contributed by atoms with E-state index in [0.717, 1.165) is 24.8 Å². The molecular weight excluding hydrogens is 311 g/mol. The molecule has 0 unspecified atom stereocenters. The summed E-state index contributed by atoms with van der Waals surface area (Å²) in [5, 5.41) is 3.35. The third-order valence-corrected chi connectivity index (χ3v) is 5.30. The topological polar surface area (TPSA) is 49.4 Å². The van der Waals surface area contributed by atoms with Crippen LogP contribution in [0.2, 0.25) is 10.0 Å². The van der Waals surface area contributed by atoms with Crippen LogP contribution in [-0.4, -0.2) is 22.4 Å². The summed E-state index contributed by atoms with van der Waals surface area (Å²) in [4.78, 5) is 26.1. The monoisotopic (exact) mass is 326 g/mol. The van der Waals surface area contributed by atoms with Crippen LogP contribution in [0, 0.1) is 0 Å². The molecule has 1 aromatic rings. The van der Waals surface area contributed by atoms with E-state index in [2.05, 4.69) is 5.32 Å². The van der Waals surface area contributed by atoms with E-state index in [0.29, 0.717) is 29.4 Å². The summed E-state index contributed by atoms with van der Waals surface area (Å²) in [7, 11) is 0. The van der Waals surface area contributed by atoms with Gasteiger partial charge in [0, 0.05) is 0 Å². The lowest BCUT2D eigenvalue weighted by Crippen LogP contribution is -2.50. The van der Waals surface area contributed by atoms with Gasteiger partial charge >= 0.3 is 6.03 Å². The van der Waals surface area contributed by atoms with Crippen LogP contribution in [0.25, 0.3) is 0 Å². The van der Waals surface area contributed by atoms with Crippen molar-refractivity contribution in [3.8, 4) is 0 Å². The largest absolute Gasteiger partial charge is 0.325 e. The number of imide groups is 1. The minimum absolute atomic E-state index is 0.176. The highest BCUT2D eigenvalue weighted by molar-refractivity contribution is 6.42. The van der Waals surface area contributed by atoms with Crippen LogP contribution in [0.4, 0.5) is 4.79 Å². The molecule has 1 spiro atoms. The second-order valence-electron chi connectivity index (χ2n) is 5.65. The van der Waals surface area contributed by atoms with Gasteiger partial charge < -0.3 is 4.90 Å². The molecule has 6 heteroatoms. The first-order valence-electron chi connectivity index (χ1n) is 7.10. The van der Waals surface area contributed by atoms with Gasteiger partial charge in [-0.2, -0.15) is 0 Å². The third kappa shape index (κ3) is 2.40. The Morgan fingerprint density at radius 2 is 1.86 bits per heavy atom. The number of carbonyl (C=O) groups is 2. The van der Waals surface area contributed by atoms with Gasteiger partial charge in [0.25, 0.3) is 5.91 Å². The number of rotatable bonds is 2. The van der Waals surface area contributed by atoms with Crippen molar-refractivity contribution in [2.45, 2.75) is 44.2 Å². The fourth-order valence-electron chi connectivity index (χ4n) is 3.30. The van der Waals surface area contributed by atoms with Gasteiger partial charge in [-0.1, -0.05) is 54.6 Å². The molecule has 1 saturated heterocycles. The molecule has 0 bridgehead atoms. The van der Waals surface area contributed by atoms with Crippen molar-refractivity contribution in [1.29, 1.82) is 0 Å². The van der Waals surface area contributed by atoms with Gasteiger partial charge in [0.15, 0.2) is 0 Å². The number of benzene rings is 1. The Balaban J connectivity index is 1.93. The summed E-state index contributed by atoms with van der Waals surface area (Å²) in [6.45, 7) is 0.303. The number of carbonyl (C=O) groups excluding carboxylic acids is 2. The number of halogens is 2. The summed E-state index contributed by atoms with van der Waals surface area (Å²) >= 11 is 12.2. The van der Waals surface area contributed by atoms with Gasteiger partial charge in [-0.3, -0.25) is 10.1 Å². The van der Waals surface area contributed by atoms with Crippen molar-refractivity contribution < 1.29 is 9.59 Å². The maximum atomic E-state index is 12.3. The maximum Gasteiger partial charge on any atom is 0.325 e. The van der Waals surface area contributed by atoms with Crippen molar-refractivity contribution >= 4 is 35.1 Å². The molecule has 3 rings (SSSR count). The second kappa shape index (κ2) is 5.50. The van der Waals surface area contributed by atoms with Crippen molar-refractivity contribution in [3.63, 3.8) is 0 Å². The van der Waals surface area contributed by atoms with Gasteiger partial charge in [0.1, 0.15) is 5.54 Å². The highest BCUT2D eigenvalue weighted by Crippen LogP contribution is 2.39. The lowest BCUT2D eigenvalue weighted by atomic mass is 9.80. The second-order valence-corrected chi connectivity index (χ2v) is 6.44. The Morgan fingerprint density at radius 1 is 1.14 bits per heavy atom. The fourth-order valence-corrected chi connectivity index (χ4v) is 3.68. The lowest BCUT2D eigenvalue weighted by molar-refractivity contribution is -0.128. The molecule has 1 aliphatic heterocycles. The summed E-state index contributed by atoms with van der Waals surface area (Å²) in [5.41, 5.74) is 0.0556. The van der Waals surface area contributed by atoms with Crippen molar-refractivity contribution in [3.05, 3.63) is 33.8 Å². The predicted molar refractivity (Wildman–Crippen MR) is 81.4 cm³/mol. The standard InChI is InChI=1S/C15H16Cl2N2O2/c16-11-6-4-5-10(12(11)17)9-19-14(21)18-13(20)15(19)7-2-1-3-8-15/h4-6H,1-3,7-9H2,(H,18,20,21). The first-order chi connectivity index (χ1) is 10.0. The Bertz CT molecular complexity index is 597. The van der Waals surface area contributed by atoms with Gasteiger partial charge in [-0.15, -0.1) is 0 Å². The molecule has 1 aliphatic carbocycles. The lowest BCUT2D eigenvalue weighted by Gasteiger charge is -2.38. The SMILES string of the molecule is O=C1NC(=O)C2(CCCCC2)N1Cc1cccc(Cl)c1Cl. The van der Waals surface area contributed by atoms with E-state index in [-0.39, 0.29) is 11.9 Å². The van der Waals surface area contributed by atoms with Crippen LogP contribution >= 0.6 is 23.2 Å². The van der Waals surface area contributed by atoms with Gasteiger partial charge in [-0.25, -0.2) is 4.79 Å². The van der Waals surface area contributed by atoms with Gasteiger partial charge in [-0.05, 0) is 24.5 Å². The molecule has 112 valence electrons.